The third kappa shape index (κ3) is 5.92. The normalized spacial score (nSPS) is 14.9. The van der Waals surface area contributed by atoms with Crippen molar-refractivity contribution in [2.24, 2.45) is 4.99 Å². The van der Waals surface area contributed by atoms with E-state index in [4.69, 9.17) is 0 Å². The number of para-hydroxylation sites is 2. The number of alkyl halides is 3. The number of hydrogen-bond donors (Lipinski definition) is 2. The molecule has 5 rings (SSSR count). The molecular weight excluding hydrogens is 545 g/mol. The third-order valence-corrected chi connectivity index (χ3v) is 6.75. The maximum Gasteiger partial charge on any atom is 0.418 e. The van der Waals surface area contributed by atoms with Crippen molar-refractivity contribution in [3.05, 3.63) is 131 Å². The van der Waals surface area contributed by atoms with Gasteiger partial charge in [-0.2, -0.15) is 13.2 Å². The summed E-state index contributed by atoms with van der Waals surface area (Å²) >= 11 is 0. The van der Waals surface area contributed by atoms with Gasteiger partial charge in [0.25, 0.3) is 5.91 Å². The number of nitrogens with one attached hydrogen (secondary N) is 2. The monoisotopic (exact) mass is 570 g/mol. The molecule has 3 amide bonds. The lowest BCUT2D eigenvalue weighted by atomic mass is 9.99. The van der Waals surface area contributed by atoms with Crippen LogP contribution >= 0.6 is 0 Å². The smallest absolute Gasteiger partial charge is 0.308 e. The molecule has 4 aromatic rings. The predicted molar refractivity (Wildman–Crippen MR) is 154 cm³/mol. The van der Waals surface area contributed by atoms with Gasteiger partial charge in [-0.3, -0.25) is 9.59 Å². The fourth-order valence-electron chi connectivity index (χ4n) is 4.75. The van der Waals surface area contributed by atoms with Crippen molar-refractivity contribution in [1.29, 1.82) is 0 Å². The number of ketones is 1. The Kier molecular flexibility index (Phi) is 7.88. The van der Waals surface area contributed by atoms with Crippen LogP contribution in [0.1, 0.15) is 32.6 Å². The van der Waals surface area contributed by atoms with Gasteiger partial charge in [-0.25, -0.2) is 9.79 Å². The highest BCUT2D eigenvalue weighted by atomic mass is 19.4. The molecule has 0 radical (unpaired) electrons. The van der Waals surface area contributed by atoms with Gasteiger partial charge in [-0.05, 0) is 30.7 Å². The minimum absolute atomic E-state index is 0.332. The van der Waals surface area contributed by atoms with E-state index >= 15 is 0 Å². The number of nitrogens with zero attached hydrogens (tertiary/aromatic N) is 2. The number of benzene rings is 4. The molecule has 212 valence electrons. The van der Waals surface area contributed by atoms with Crippen molar-refractivity contribution >= 4 is 34.8 Å². The van der Waals surface area contributed by atoms with Gasteiger partial charge in [0, 0.05) is 16.7 Å². The number of aryl methyl sites for hydroxylation is 1. The number of carbonyl (C=O) groups is 3. The first-order valence-corrected chi connectivity index (χ1v) is 13.0. The minimum atomic E-state index is -4.71. The summed E-state index contributed by atoms with van der Waals surface area (Å²) in [6.07, 6.45) is -6.27. The van der Waals surface area contributed by atoms with E-state index < -0.39 is 35.5 Å². The van der Waals surface area contributed by atoms with E-state index in [1.54, 1.807) is 79.7 Å². The lowest BCUT2D eigenvalue weighted by Crippen LogP contribution is -2.50. The topological polar surface area (TPSA) is 90.9 Å². The summed E-state index contributed by atoms with van der Waals surface area (Å²) in [6.45, 7) is 1.44. The highest BCUT2D eigenvalue weighted by Crippen LogP contribution is 2.34. The van der Waals surface area contributed by atoms with Gasteiger partial charge in [0.2, 0.25) is 6.17 Å². The maximum atomic E-state index is 14.0. The highest BCUT2D eigenvalue weighted by Gasteiger charge is 2.36. The van der Waals surface area contributed by atoms with Crippen LogP contribution in [0.2, 0.25) is 0 Å². The molecule has 1 unspecified atom stereocenters. The summed E-state index contributed by atoms with van der Waals surface area (Å²) in [4.78, 5) is 46.3. The summed E-state index contributed by atoms with van der Waals surface area (Å²) < 4.78 is 40.6. The van der Waals surface area contributed by atoms with Crippen LogP contribution in [0.4, 0.5) is 29.3 Å². The second-order valence-corrected chi connectivity index (χ2v) is 9.57. The van der Waals surface area contributed by atoms with Crippen molar-refractivity contribution in [3.63, 3.8) is 0 Å². The van der Waals surface area contributed by atoms with E-state index in [-0.39, 0.29) is 12.3 Å². The molecular formula is C32H25F3N4O3. The molecule has 0 saturated heterocycles. The molecule has 7 nitrogen and oxygen atoms in total. The molecule has 4 aromatic carbocycles. The van der Waals surface area contributed by atoms with E-state index in [0.29, 0.717) is 28.1 Å². The molecule has 0 spiro atoms. The Balaban J connectivity index is 1.54. The molecule has 1 heterocycles. The van der Waals surface area contributed by atoms with Crippen LogP contribution in [0.25, 0.3) is 0 Å². The molecule has 0 bridgehead atoms. The first kappa shape index (κ1) is 28.3. The maximum absolute atomic E-state index is 14.0. The molecule has 2 N–H and O–H groups in total. The Morgan fingerprint density at radius 2 is 1.50 bits per heavy atom. The molecule has 0 aromatic heterocycles. The van der Waals surface area contributed by atoms with Crippen molar-refractivity contribution in [1.82, 2.24) is 5.32 Å². The minimum Gasteiger partial charge on any atom is -0.308 e. The standard InChI is InChI=1S/C32H25F3N4O3/c1-20-11-5-6-14-22(20)27(40)19-39-26-18-10-7-15-23(26)28(21-12-3-2-4-13-21)37-29(30(39)41)38-31(42)36-25-17-9-8-16-24(25)32(33,34)35/h2-18,29H,19H2,1H3,(H2,36,38,42). The summed E-state index contributed by atoms with van der Waals surface area (Å²) in [5.41, 5.74) is 1.59. The Hall–Kier alpha value is -5.25. The summed E-state index contributed by atoms with van der Waals surface area (Å²) in [7, 11) is 0. The van der Waals surface area contributed by atoms with Gasteiger partial charge in [0.05, 0.1) is 29.2 Å². The van der Waals surface area contributed by atoms with E-state index in [1.807, 2.05) is 6.07 Å². The largest absolute Gasteiger partial charge is 0.418 e. The fourth-order valence-corrected chi connectivity index (χ4v) is 4.75. The van der Waals surface area contributed by atoms with Crippen LogP contribution in [0.3, 0.4) is 0 Å². The second-order valence-electron chi connectivity index (χ2n) is 9.57. The van der Waals surface area contributed by atoms with Crippen LogP contribution < -0.4 is 15.5 Å². The number of aliphatic imine (C=N–C) groups is 1. The van der Waals surface area contributed by atoms with Gasteiger partial charge in [-0.15, -0.1) is 0 Å². The molecule has 1 aliphatic heterocycles. The average Bonchev–Trinajstić information content (AvgIpc) is 3.08. The number of Topliss-reactive ketones (excluding diaryl/α,β-unsaturated/α-hetero) is 1. The molecule has 0 fully saturated rings. The molecule has 1 atom stereocenters. The average molecular weight is 571 g/mol. The van der Waals surface area contributed by atoms with Gasteiger partial charge in [-0.1, -0.05) is 84.9 Å². The van der Waals surface area contributed by atoms with Crippen LogP contribution in [0.15, 0.2) is 108 Å². The van der Waals surface area contributed by atoms with Crippen molar-refractivity contribution < 1.29 is 27.6 Å². The Morgan fingerprint density at radius 3 is 2.24 bits per heavy atom. The second kappa shape index (κ2) is 11.7. The third-order valence-electron chi connectivity index (χ3n) is 6.75. The van der Waals surface area contributed by atoms with E-state index in [2.05, 4.69) is 15.6 Å². The van der Waals surface area contributed by atoms with Gasteiger partial charge in [0.1, 0.15) is 0 Å². The van der Waals surface area contributed by atoms with Gasteiger partial charge in [0.15, 0.2) is 5.78 Å². The predicted octanol–water partition coefficient (Wildman–Crippen LogP) is 6.23. The number of halogens is 3. The zero-order valence-corrected chi connectivity index (χ0v) is 22.4. The highest BCUT2D eigenvalue weighted by molar-refractivity contribution is 6.21. The Morgan fingerprint density at radius 1 is 0.857 bits per heavy atom. The summed E-state index contributed by atoms with van der Waals surface area (Å²) in [6, 6.07) is 26.3. The molecule has 1 aliphatic rings. The Bertz CT molecular complexity index is 1690. The number of anilines is 2. The van der Waals surface area contributed by atoms with Crippen molar-refractivity contribution in [2.75, 3.05) is 16.8 Å². The number of carbonyl (C=O) groups excluding carboxylic acids is 3. The zero-order valence-electron chi connectivity index (χ0n) is 22.4. The lowest BCUT2D eigenvalue weighted by Gasteiger charge is -2.25. The lowest BCUT2D eigenvalue weighted by molar-refractivity contribution is -0.137. The van der Waals surface area contributed by atoms with E-state index in [1.165, 1.54) is 17.0 Å². The SMILES string of the molecule is Cc1ccccc1C(=O)CN1C(=O)C(NC(=O)Nc2ccccc2C(F)(F)F)N=C(c2ccccc2)c2ccccc21. The molecule has 0 saturated carbocycles. The quantitative estimate of drug-likeness (QED) is 0.270. The number of rotatable bonds is 6. The van der Waals surface area contributed by atoms with Gasteiger partial charge >= 0.3 is 12.2 Å². The molecule has 42 heavy (non-hydrogen) atoms. The number of fused-ring (bicyclic) bond motifs is 1. The summed E-state index contributed by atoms with van der Waals surface area (Å²) in [5.74, 6) is -1.06. The Labute approximate surface area is 239 Å². The zero-order chi connectivity index (χ0) is 29.9. The molecule has 10 heteroatoms. The number of urea groups is 1. The first-order valence-electron chi connectivity index (χ1n) is 13.0. The van der Waals surface area contributed by atoms with Crippen molar-refractivity contribution in [3.8, 4) is 0 Å². The molecule has 0 aliphatic carbocycles. The summed E-state index contributed by atoms with van der Waals surface area (Å²) in [5, 5.41) is 4.61. The van der Waals surface area contributed by atoms with Crippen LogP contribution in [-0.4, -0.2) is 36.1 Å². The number of amides is 3. The first-order chi connectivity index (χ1) is 20.1. The van der Waals surface area contributed by atoms with Gasteiger partial charge < -0.3 is 15.5 Å². The van der Waals surface area contributed by atoms with Crippen LogP contribution in [0, 0.1) is 6.92 Å². The van der Waals surface area contributed by atoms with Crippen LogP contribution in [-0.2, 0) is 11.0 Å². The number of benzodiazepines with no additional fused rings is 1. The van der Waals surface area contributed by atoms with E-state index in [0.717, 1.165) is 17.7 Å². The van der Waals surface area contributed by atoms with Crippen molar-refractivity contribution in [2.45, 2.75) is 19.3 Å². The number of hydrogen-bond acceptors (Lipinski definition) is 4. The fraction of sp³-hybridized carbons (Fsp3) is 0.125. The van der Waals surface area contributed by atoms with E-state index in [9.17, 15) is 27.6 Å². The van der Waals surface area contributed by atoms with Crippen LogP contribution in [0.5, 0.6) is 0 Å².